The molecule has 0 spiro atoms. The molecule has 1 aliphatic rings. The predicted octanol–water partition coefficient (Wildman–Crippen LogP) is 4.93. The highest BCUT2D eigenvalue weighted by Crippen LogP contribution is 2.34. The smallest absolute Gasteiger partial charge is 0.266 e. The molecule has 4 rings (SSSR count). The van der Waals surface area contributed by atoms with Gasteiger partial charge in [-0.2, -0.15) is 0 Å². The standard InChI is InChI=1S/C23H22ClN3O2/c1-13(2)22-25-21-18(23(29)27(22)17-7-5-16(24)6-8-17)9-10-20-19(21)11-14(3)12-26(20)15(4)28/h5-11,13H,12H2,1-4H3. The first-order chi connectivity index (χ1) is 13.8. The monoisotopic (exact) mass is 407 g/mol. The molecule has 0 aliphatic carbocycles. The van der Waals surface area contributed by atoms with E-state index in [1.165, 1.54) is 0 Å². The molecule has 0 saturated carbocycles. The lowest BCUT2D eigenvalue weighted by molar-refractivity contribution is -0.116. The molecule has 6 heteroatoms. The Kier molecular flexibility index (Phi) is 4.79. The van der Waals surface area contributed by atoms with Gasteiger partial charge in [-0.05, 0) is 49.4 Å². The van der Waals surface area contributed by atoms with E-state index >= 15 is 0 Å². The number of carbonyl (C=O) groups is 1. The number of hydrogen-bond acceptors (Lipinski definition) is 3. The highest BCUT2D eigenvalue weighted by Gasteiger charge is 2.24. The van der Waals surface area contributed by atoms with Crippen molar-refractivity contribution >= 4 is 40.2 Å². The van der Waals surface area contributed by atoms with Crippen molar-refractivity contribution in [1.29, 1.82) is 0 Å². The number of nitrogens with zero attached hydrogens (tertiary/aromatic N) is 3. The number of halogens is 1. The zero-order valence-electron chi connectivity index (χ0n) is 16.9. The van der Waals surface area contributed by atoms with Gasteiger partial charge in [0.25, 0.3) is 5.56 Å². The third-order valence-electron chi connectivity index (χ3n) is 5.15. The van der Waals surface area contributed by atoms with Crippen molar-refractivity contribution in [3.8, 4) is 5.69 Å². The van der Waals surface area contributed by atoms with E-state index in [9.17, 15) is 9.59 Å². The van der Waals surface area contributed by atoms with Gasteiger partial charge in [0.05, 0.1) is 22.3 Å². The maximum absolute atomic E-state index is 13.5. The van der Waals surface area contributed by atoms with Crippen LogP contribution in [0.5, 0.6) is 0 Å². The zero-order chi connectivity index (χ0) is 20.9. The van der Waals surface area contributed by atoms with Crippen LogP contribution in [0.1, 0.15) is 45.0 Å². The van der Waals surface area contributed by atoms with Crippen LogP contribution in [-0.2, 0) is 4.79 Å². The van der Waals surface area contributed by atoms with E-state index in [4.69, 9.17) is 16.6 Å². The predicted molar refractivity (Wildman–Crippen MR) is 118 cm³/mol. The zero-order valence-corrected chi connectivity index (χ0v) is 17.6. The van der Waals surface area contributed by atoms with Gasteiger partial charge in [-0.25, -0.2) is 4.98 Å². The number of benzene rings is 2. The van der Waals surface area contributed by atoms with Crippen molar-refractivity contribution in [2.75, 3.05) is 11.4 Å². The number of hydrogen-bond donors (Lipinski definition) is 0. The third-order valence-corrected chi connectivity index (χ3v) is 5.41. The minimum atomic E-state index is -0.130. The normalized spacial score (nSPS) is 13.6. The van der Waals surface area contributed by atoms with E-state index in [1.54, 1.807) is 34.6 Å². The van der Waals surface area contributed by atoms with Gasteiger partial charge >= 0.3 is 0 Å². The lowest BCUT2D eigenvalue weighted by atomic mass is 9.99. The van der Waals surface area contributed by atoms with Crippen molar-refractivity contribution in [3.63, 3.8) is 0 Å². The number of amides is 1. The summed E-state index contributed by atoms with van der Waals surface area (Å²) in [6.45, 7) is 8.11. The summed E-state index contributed by atoms with van der Waals surface area (Å²) in [4.78, 5) is 32.3. The molecule has 29 heavy (non-hydrogen) atoms. The second kappa shape index (κ2) is 7.16. The molecule has 1 aromatic heterocycles. The summed E-state index contributed by atoms with van der Waals surface area (Å²) in [6.07, 6.45) is 2.03. The molecule has 0 radical (unpaired) electrons. The summed E-state index contributed by atoms with van der Waals surface area (Å²) in [5, 5.41) is 1.14. The number of carbonyl (C=O) groups excluding carboxylic acids is 1. The Labute approximate surface area is 174 Å². The minimum absolute atomic E-state index is 0.0243. The summed E-state index contributed by atoms with van der Waals surface area (Å²) in [6, 6.07) is 10.8. The van der Waals surface area contributed by atoms with E-state index in [0.29, 0.717) is 28.3 Å². The molecule has 0 fully saturated rings. The summed E-state index contributed by atoms with van der Waals surface area (Å²) < 4.78 is 1.65. The maximum Gasteiger partial charge on any atom is 0.266 e. The van der Waals surface area contributed by atoms with Gasteiger partial charge in [0.1, 0.15) is 5.82 Å². The Hall–Kier alpha value is -2.92. The number of aromatic nitrogens is 2. The fourth-order valence-electron chi connectivity index (χ4n) is 3.79. The second-order valence-electron chi connectivity index (χ2n) is 7.73. The number of fused-ring (bicyclic) bond motifs is 3. The highest BCUT2D eigenvalue weighted by atomic mass is 35.5. The van der Waals surface area contributed by atoms with Crippen molar-refractivity contribution in [3.05, 3.63) is 68.7 Å². The van der Waals surface area contributed by atoms with Crippen LogP contribution in [0.2, 0.25) is 5.02 Å². The molecule has 1 aliphatic heterocycles. The molecule has 148 valence electrons. The minimum Gasteiger partial charge on any atom is -0.308 e. The Morgan fingerprint density at radius 2 is 1.83 bits per heavy atom. The first kappa shape index (κ1) is 19.4. The molecule has 1 amide bonds. The molecule has 2 heterocycles. The number of rotatable bonds is 2. The van der Waals surface area contributed by atoms with Crippen molar-refractivity contribution < 1.29 is 4.79 Å². The van der Waals surface area contributed by atoms with Gasteiger partial charge in [-0.1, -0.05) is 31.0 Å². The number of anilines is 1. The van der Waals surface area contributed by atoms with Crippen LogP contribution in [0.15, 0.2) is 46.8 Å². The van der Waals surface area contributed by atoms with Gasteiger partial charge in [-0.3, -0.25) is 14.2 Å². The van der Waals surface area contributed by atoms with Crippen LogP contribution < -0.4 is 10.5 Å². The lowest BCUT2D eigenvalue weighted by Gasteiger charge is -2.28. The molecule has 0 bridgehead atoms. The molecule has 0 saturated heterocycles. The molecule has 5 nitrogen and oxygen atoms in total. The van der Waals surface area contributed by atoms with Crippen molar-refractivity contribution in [1.82, 2.24) is 9.55 Å². The topological polar surface area (TPSA) is 55.2 Å². The summed E-state index contributed by atoms with van der Waals surface area (Å²) in [5.74, 6) is 0.664. The quantitative estimate of drug-likeness (QED) is 0.605. The highest BCUT2D eigenvalue weighted by molar-refractivity contribution is 6.30. The van der Waals surface area contributed by atoms with E-state index in [1.807, 2.05) is 45.0 Å². The van der Waals surface area contributed by atoms with Gasteiger partial charge < -0.3 is 4.90 Å². The van der Waals surface area contributed by atoms with E-state index < -0.39 is 0 Å². The lowest BCUT2D eigenvalue weighted by Crippen LogP contribution is -2.33. The van der Waals surface area contributed by atoms with Crippen molar-refractivity contribution in [2.45, 2.75) is 33.6 Å². The van der Waals surface area contributed by atoms with E-state index in [0.717, 1.165) is 22.5 Å². The first-order valence-corrected chi connectivity index (χ1v) is 9.96. The molecule has 0 unspecified atom stereocenters. The first-order valence-electron chi connectivity index (χ1n) is 9.59. The Balaban J connectivity index is 2.08. The van der Waals surface area contributed by atoms with E-state index in [2.05, 4.69) is 0 Å². The van der Waals surface area contributed by atoms with Gasteiger partial charge in [0, 0.05) is 30.0 Å². The molecule has 0 N–H and O–H groups in total. The molecule has 2 aromatic carbocycles. The van der Waals surface area contributed by atoms with Crippen LogP contribution in [0, 0.1) is 0 Å². The summed E-state index contributed by atoms with van der Waals surface area (Å²) >= 11 is 6.03. The van der Waals surface area contributed by atoms with Crippen molar-refractivity contribution in [2.24, 2.45) is 0 Å². The van der Waals surface area contributed by atoms with E-state index in [-0.39, 0.29) is 17.4 Å². The maximum atomic E-state index is 13.5. The summed E-state index contributed by atoms with van der Waals surface area (Å²) in [5.41, 5.74) is 3.90. The Bertz CT molecular complexity index is 1220. The summed E-state index contributed by atoms with van der Waals surface area (Å²) in [7, 11) is 0. The van der Waals surface area contributed by atoms with Crippen LogP contribution in [0.25, 0.3) is 22.7 Å². The SMILES string of the molecule is CC(=O)N1CC(C)=Cc2c1ccc1c(=O)n(-c3ccc(Cl)cc3)c(C(C)C)nc21. The van der Waals surface area contributed by atoms with Gasteiger partial charge in [0.15, 0.2) is 0 Å². The molecular weight excluding hydrogens is 386 g/mol. The van der Waals surface area contributed by atoms with Gasteiger partial charge in [0.2, 0.25) is 5.91 Å². The Morgan fingerprint density at radius 1 is 1.14 bits per heavy atom. The van der Waals surface area contributed by atoms with Crippen LogP contribution in [-0.4, -0.2) is 22.0 Å². The fraction of sp³-hybridized carbons (Fsp3) is 0.261. The van der Waals surface area contributed by atoms with Crippen LogP contribution in [0.3, 0.4) is 0 Å². The van der Waals surface area contributed by atoms with Crippen LogP contribution >= 0.6 is 11.6 Å². The average molecular weight is 408 g/mol. The molecule has 0 atom stereocenters. The average Bonchev–Trinajstić information content (AvgIpc) is 2.67. The second-order valence-corrected chi connectivity index (χ2v) is 8.17. The molecular formula is C23H22ClN3O2. The fourth-order valence-corrected chi connectivity index (χ4v) is 3.92. The van der Waals surface area contributed by atoms with Crippen LogP contribution in [0.4, 0.5) is 5.69 Å². The third kappa shape index (κ3) is 3.25. The Morgan fingerprint density at radius 3 is 2.45 bits per heavy atom. The molecule has 3 aromatic rings. The van der Waals surface area contributed by atoms with Gasteiger partial charge in [-0.15, -0.1) is 0 Å². The largest absolute Gasteiger partial charge is 0.308 e.